The number of hydrogen-bond acceptors (Lipinski definition) is 3. The second-order valence-electron chi connectivity index (χ2n) is 4.84. The van der Waals surface area contributed by atoms with Gasteiger partial charge in [-0.05, 0) is 6.92 Å². The van der Waals surface area contributed by atoms with Crippen LogP contribution in [0.5, 0.6) is 0 Å². The number of nitrogens with zero attached hydrogens (tertiary/aromatic N) is 3. The van der Waals surface area contributed by atoms with Crippen LogP contribution in [0.4, 0.5) is 0 Å². The Balaban J connectivity index is 1.82. The predicted octanol–water partition coefficient (Wildman–Crippen LogP) is -0.134. The van der Waals surface area contributed by atoms with Crippen LogP contribution in [0, 0.1) is 5.92 Å². The van der Waals surface area contributed by atoms with E-state index in [1.165, 1.54) is 0 Å². The van der Waals surface area contributed by atoms with Crippen LogP contribution < -0.4 is 5.32 Å². The van der Waals surface area contributed by atoms with Gasteiger partial charge in [0.1, 0.15) is 0 Å². The first kappa shape index (κ1) is 12.6. The first-order valence-corrected chi connectivity index (χ1v) is 6.06. The summed E-state index contributed by atoms with van der Waals surface area (Å²) in [4.78, 5) is 28.9. The van der Waals surface area contributed by atoms with Crippen molar-refractivity contribution in [3.63, 3.8) is 0 Å². The summed E-state index contributed by atoms with van der Waals surface area (Å²) in [7, 11) is 1.73. The Morgan fingerprint density at radius 2 is 2.44 bits per heavy atom. The third kappa shape index (κ3) is 2.88. The number of aromatic nitrogens is 2. The SMILES string of the molecule is C[C@@H](Cn1ccnc1)NC(=O)[C@H]1CC(=O)N(C)C1. The molecule has 2 rings (SSSR count). The molecule has 0 spiro atoms. The molecule has 0 aromatic carbocycles. The highest BCUT2D eigenvalue weighted by Crippen LogP contribution is 2.16. The summed E-state index contributed by atoms with van der Waals surface area (Å²) in [5.74, 6) is -0.217. The smallest absolute Gasteiger partial charge is 0.225 e. The van der Waals surface area contributed by atoms with Gasteiger partial charge in [-0.2, -0.15) is 0 Å². The van der Waals surface area contributed by atoms with Crippen molar-refractivity contribution in [2.45, 2.75) is 25.9 Å². The Kier molecular flexibility index (Phi) is 3.64. The molecule has 1 aromatic rings. The zero-order chi connectivity index (χ0) is 13.1. The Bertz CT molecular complexity index is 429. The first-order valence-electron chi connectivity index (χ1n) is 6.06. The molecular formula is C12H18N4O2. The van der Waals surface area contributed by atoms with Crippen LogP contribution in [-0.2, 0) is 16.1 Å². The fraction of sp³-hybridized carbons (Fsp3) is 0.583. The molecule has 2 atom stereocenters. The van der Waals surface area contributed by atoms with Crippen LogP contribution in [0.3, 0.4) is 0 Å². The van der Waals surface area contributed by atoms with Crippen LogP contribution in [0.1, 0.15) is 13.3 Å². The maximum atomic E-state index is 12.0. The van der Waals surface area contributed by atoms with Gasteiger partial charge in [-0.25, -0.2) is 4.98 Å². The predicted molar refractivity (Wildman–Crippen MR) is 65.6 cm³/mol. The molecule has 1 fully saturated rings. The lowest BCUT2D eigenvalue weighted by Gasteiger charge is -2.17. The fourth-order valence-corrected chi connectivity index (χ4v) is 2.16. The van der Waals surface area contributed by atoms with E-state index in [9.17, 15) is 9.59 Å². The lowest BCUT2D eigenvalue weighted by Crippen LogP contribution is -2.40. The Morgan fingerprint density at radius 3 is 3.00 bits per heavy atom. The molecule has 98 valence electrons. The van der Waals surface area contributed by atoms with Gasteiger partial charge in [0.25, 0.3) is 0 Å². The van der Waals surface area contributed by atoms with Gasteiger partial charge in [0, 0.05) is 45.0 Å². The lowest BCUT2D eigenvalue weighted by atomic mass is 10.1. The van der Waals surface area contributed by atoms with E-state index in [-0.39, 0.29) is 23.8 Å². The highest BCUT2D eigenvalue weighted by Gasteiger charge is 2.32. The monoisotopic (exact) mass is 250 g/mol. The third-order valence-corrected chi connectivity index (χ3v) is 3.14. The summed E-state index contributed by atoms with van der Waals surface area (Å²) < 4.78 is 1.91. The molecule has 0 unspecified atom stereocenters. The van der Waals surface area contributed by atoms with Crippen molar-refractivity contribution in [3.8, 4) is 0 Å². The molecule has 1 aliphatic heterocycles. The molecule has 0 radical (unpaired) electrons. The summed E-state index contributed by atoms with van der Waals surface area (Å²) in [6.45, 7) is 3.14. The highest BCUT2D eigenvalue weighted by atomic mass is 16.2. The van der Waals surface area contributed by atoms with Gasteiger partial charge in [0.05, 0.1) is 12.2 Å². The quantitative estimate of drug-likeness (QED) is 0.809. The van der Waals surface area contributed by atoms with Gasteiger partial charge in [-0.3, -0.25) is 9.59 Å². The van der Waals surface area contributed by atoms with Gasteiger partial charge in [0.15, 0.2) is 0 Å². The van der Waals surface area contributed by atoms with Gasteiger partial charge >= 0.3 is 0 Å². The number of imidazole rings is 1. The average Bonchev–Trinajstić information content (AvgIpc) is 2.90. The molecule has 0 aliphatic carbocycles. The first-order chi connectivity index (χ1) is 8.56. The average molecular weight is 250 g/mol. The molecule has 1 N–H and O–H groups in total. The van der Waals surface area contributed by atoms with Gasteiger partial charge in [-0.15, -0.1) is 0 Å². The van der Waals surface area contributed by atoms with Crippen molar-refractivity contribution < 1.29 is 9.59 Å². The van der Waals surface area contributed by atoms with E-state index in [1.54, 1.807) is 24.5 Å². The maximum Gasteiger partial charge on any atom is 0.225 e. The van der Waals surface area contributed by atoms with Crippen molar-refractivity contribution in [3.05, 3.63) is 18.7 Å². The van der Waals surface area contributed by atoms with Crippen molar-refractivity contribution in [2.24, 2.45) is 5.92 Å². The molecule has 18 heavy (non-hydrogen) atoms. The summed E-state index contributed by atoms with van der Waals surface area (Å²) in [6, 6.07) is 0.0210. The minimum atomic E-state index is -0.215. The van der Waals surface area contributed by atoms with E-state index >= 15 is 0 Å². The second-order valence-corrected chi connectivity index (χ2v) is 4.84. The number of carbonyl (C=O) groups is 2. The minimum Gasteiger partial charge on any atom is -0.352 e. The topological polar surface area (TPSA) is 67.2 Å². The zero-order valence-corrected chi connectivity index (χ0v) is 10.7. The molecule has 0 bridgehead atoms. The fourth-order valence-electron chi connectivity index (χ4n) is 2.16. The molecule has 2 amide bonds. The summed E-state index contributed by atoms with van der Waals surface area (Å²) in [5, 5.41) is 2.93. The van der Waals surface area contributed by atoms with Gasteiger partial charge < -0.3 is 14.8 Å². The van der Waals surface area contributed by atoms with Crippen molar-refractivity contribution >= 4 is 11.8 Å². The van der Waals surface area contributed by atoms with E-state index in [1.807, 2.05) is 17.7 Å². The number of likely N-dealkylation sites (tertiary alicyclic amines) is 1. The zero-order valence-electron chi connectivity index (χ0n) is 10.7. The lowest BCUT2D eigenvalue weighted by molar-refractivity contribution is -0.128. The summed E-state index contributed by atoms with van der Waals surface area (Å²) in [5.41, 5.74) is 0. The van der Waals surface area contributed by atoms with Crippen molar-refractivity contribution in [1.82, 2.24) is 19.8 Å². The molecule has 6 heteroatoms. The normalized spacial score (nSPS) is 21.1. The third-order valence-electron chi connectivity index (χ3n) is 3.14. The van der Waals surface area contributed by atoms with Crippen molar-refractivity contribution in [2.75, 3.05) is 13.6 Å². The van der Waals surface area contributed by atoms with Crippen LogP contribution in [-0.4, -0.2) is 45.9 Å². The number of nitrogens with one attached hydrogen (secondary N) is 1. The van der Waals surface area contributed by atoms with E-state index in [2.05, 4.69) is 10.3 Å². The Morgan fingerprint density at radius 1 is 1.67 bits per heavy atom. The largest absolute Gasteiger partial charge is 0.352 e. The Labute approximate surface area is 106 Å². The standard InChI is InChI=1S/C12H18N4O2/c1-9(6-16-4-3-13-8-16)14-12(18)10-5-11(17)15(2)7-10/h3-4,8-10H,5-7H2,1-2H3,(H,14,18)/t9-,10-/m0/s1. The van der Waals surface area contributed by atoms with Crippen LogP contribution in [0.15, 0.2) is 18.7 Å². The van der Waals surface area contributed by atoms with Crippen LogP contribution in [0.25, 0.3) is 0 Å². The van der Waals surface area contributed by atoms with Crippen LogP contribution >= 0.6 is 0 Å². The van der Waals surface area contributed by atoms with Crippen LogP contribution in [0.2, 0.25) is 0 Å². The van der Waals surface area contributed by atoms with Crippen molar-refractivity contribution in [1.29, 1.82) is 0 Å². The van der Waals surface area contributed by atoms with E-state index in [0.717, 1.165) is 0 Å². The maximum absolute atomic E-state index is 12.0. The summed E-state index contributed by atoms with van der Waals surface area (Å²) >= 11 is 0. The Hall–Kier alpha value is -1.85. The minimum absolute atomic E-state index is 0.0210. The molecule has 2 heterocycles. The second kappa shape index (κ2) is 5.20. The molecule has 1 aromatic heterocycles. The van der Waals surface area contributed by atoms with Gasteiger partial charge in [0.2, 0.25) is 11.8 Å². The molecule has 1 aliphatic rings. The van der Waals surface area contributed by atoms with Gasteiger partial charge in [-0.1, -0.05) is 0 Å². The number of amides is 2. The van der Waals surface area contributed by atoms with E-state index < -0.39 is 0 Å². The molecular weight excluding hydrogens is 232 g/mol. The number of hydrogen-bond donors (Lipinski definition) is 1. The molecule has 1 saturated heterocycles. The highest BCUT2D eigenvalue weighted by molar-refractivity contribution is 5.89. The number of carbonyl (C=O) groups excluding carboxylic acids is 2. The van der Waals surface area contributed by atoms with E-state index in [4.69, 9.17) is 0 Å². The van der Waals surface area contributed by atoms with E-state index in [0.29, 0.717) is 19.5 Å². The molecule has 6 nitrogen and oxygen atoms in total. The number of rotatable bonds is 4. The summed E-state index contributed by atoms with van der Waals surface area (Å²) in [6.07, 6.45) is 5.60. The molecule has 0 saturated carbocycles.